The predicted molar refractivity (Wildman–Crippen MR) is 120 cm³/mol. The van der Waals surface area contributed by atoms with Gasteiger partial charge in [-0.2, -0.15) is 0 Å². The monoisotopic (exact) mass is 427 g/mol. The van der Waals surface area contributed by atoms with Crippen molar-refractivity contribution in [2.24, 2.45) is 0 Å². The molecule has 2 atom stereocenters. The molecule has 3 aromatic rings. The van der Waals surface area contributed by atoms with E-state index < -0.39 is 6.10 Å². The minimum atomic E-state index is -0.639. The fraction of sp³-hybridized carbons (Fsp3) is 0.208. The lowest BCUT2D eigenvalue weighted by molar-refractivity contribution is -0.128. The van der Waals surface area contributed by atoms with E-state index in [-0.39, 0.29) is 11.9 Å². The highest BCUT2D eigenvalue weighted by molar-refractivity contribution is 6.35. The maximum atomic E-state index is 12.7. The second kappa shape index (κ2) is 9.82. The number of benzene rings is 3. The van der Waals surface area contributed by atoms with Gasteiger partial charge < -0.3 is 10.1 Å². The average molecular weight is 428 g/mol. The fourth-order valence-corrected chi connectivity index (χ4v) is 3.48. The van der Waals surface area contributed by atoms with Crippen LogP contribution in [0.25, 0.3) is 11.1 Å². The molecule has 0 aromatic heterocycles. The molecule has 0 heterocycles. The summed E-state index contributed by atoms with van der Waals surface area (Å²) < 4.78 is 5.82. The predicted octanol–water partition coefficient (Wildman–Crippen LogP) is 6.70. The third kappa shape index (κ3) is 5.53. The van der Waals surface area contributed by atoms with Gasteiger partial charge in [0.15, 0.2) is 6.10 Å². The first-order chi connectivity index (χ1) is 14.0. The van der Waals surface area contributed by atoms with Crippen LogP contribution in [0.1, 0.15) is 31.9 Å². The van der Waals surface area contributed by atoms with Gasteiger partial charge in [0.05, 0.1) is 11.1 Å². The summed E-state index contributed by atoms with van der Waals surface area (Å²) in [6.07, 6.45) is -0.121. The van der Waals surface area contributed by atoms with Crippen molar-refractivity contribution in [1.29, 1.82) is 0 Å². The first kappa shape index (κ1) is 21.2. The molecule has 0 saturated heterocycles. The molecule has 3 rings (SSSR count). The molecule has 1 N–H and O–H groups in total. The number of carbonyl (C=O) groups is 1. The van der Waals surface area contributed by atoms with Gasteiger partial charge in [0, 0.05) is 5.02 Å². The van der Waals surface area contributed by atoms with E-state index in [2.05, 4.69) is 29.6 Å². The summed E-state index contributed by atoms with van der Waals surface area (Å²) >= 11 is 12.1. The number of amides is 1. The molecule has 0 aliphatic carbocycles. The zero-order chi connectivity index (χ0) is 20.8. The molecule has 150 valence electrons. The van der Waals surface area contributed by atoms with Gasteiger partial charge in [-0.25, -0.2) is 0 Å². The van der Waals surface area contributed by atoms with Crippen molar-refractivity contribution in [2.45, 2.75) is 32.4 Å². The Labute approximate surface area is 181 Å². The molecule has 3 aromatic carbocycles. The largest absolute Gasteiger partial charge is 0.479 e. The van der Waals surface area contributed by atoms with Crippen LogP contribution in [-0.4, -0.2) is 12.0 Å². The number of hydrogen-bond acceptors (Lipinski definition) is 2. The van der Waals surface area contributed by atoms with Gasteiger partial charge in [0.25, 0.3) is 5.91 Å². The average Bonchev–Trinajstić information content (AvgIpc) is 2.74. The number of nitrogens with one attached hydrogen (secondary N) is 1. The van der Waals surface area contributed by atoms with Gasteiger partial charge in [0.2, 0.25) is 0 Å². The van der Waals surface area contributed by atoms with Crippen molar-refractivity contribution < 1.29 is 9.53 Å². The summed E-state index contributed by atoms with van der Waals surface area (Å²) in [5.74, 6) is 0.260. The van der Waals surface area contributed by atoms with E-state index >= 15 is 0 Å². The normalized spacial score (nSPS) is 12.8. The Balaban J connectivity index is 1.65. The van der Waals surface area contributed by atoms with Gasteiger partial charge in [-0.3, -0.25) is 4.79 Å². The summed E-state index contributed by atoms with van der Waals surface area (Å²) in [5.41, 5.74) is 3.33. The SMILES string of the molecule is CCC(Oc1ccc(Cl)cc1Cl)C(=O)NC(C)c1ccc(-c2ccccc2)cc1. The van der Waals surface area contributed by atoms with E-state index in [4.69, 9.17) is 27.9 Å². The highest BCUT2D eigenvalue weighted by atomic mass is 35.5. The lowest BCUT2D eigenvalue weighted by Crippen LogP contribution is -2.39. The minimum absolute atomic E-state index is 0.148. The summed E-state index contributed by atoms with van der Waals surface area (Å²) in [4.78, 5) is 12.7. The van der Waals surface area contributed by atoms with E-state index in [0.717, 1.165) is 16.7 Å². The summed E-state index contributed by atoms with van der Waals surface area (Å²) in [6.45, 7) is 3.85. The first-order valence-electron chi connectivity index (χ1n) is 9.55. The van der Waals surface area contributed by atoms with E-state index in [9.17, 15) is 4.79 Å². The summed E-state index contributed by atoms with van der Waals surface area (Å²) in [7, 11) is 0. The van der Waals surface area contributed by atoms with Gasteiger partial charge in [-0.15, -0.1) is 0 Å². The van der Waals surface area contributed by atoms with Crippen molar-refractivity contribution >= 4 is 29.1 Å². The molecule has 0 spiro atoms. The topological polar surface area (TPSA) is 38.3 Å². The minimum Gasteiger partial charge on any atom is -0.479 e. The molecule has 0 fully saturated rings. The second-order valence-electron chi connectivity index (χ2n) is 6.81. The van der Waals surface area contributed by atoms with Crippen LogP contribution < -0.4 is 10.1 Å². The fourth-order valence-electron chi connectivity index (χ4n) is 3.03. The number of halogens is 2. The van der Waals surface area contributed by atoms with Crippen molar-refractivity contribution in [3.63, 3.8) is 0 Å². The Kier molecular flexibility index (Phi) is 7.18. The molecule has 0 aliphatic rings. The smallest absolute Gasteiger partial charge is 0.261 e. The Bertz CT molecular complexity index is 958. The lowest BCUT2D eigenvalue weighted by atomic mass is 10.0. The summed E-state index contributed by atoms with van der Waals surface area (Å²) in [5, 5.41) is 3.93. The third-order valence-electron chi connectivity index (χ3n) is 4.70. The zero-order valence-corrected chi connectivity index (χ0v) is 17.9. The van der Waals surface area contributed by atoms with E-state index in [0.29, 0.717) is 22.2 Å². The molecular formula is C24H23Cl2NO2. The van der Waals surface area contributed by atoms with Crippen LogP contribution in [0.15, 0.2) is 72.8 Å². The zero-order valence-electron chi connectivity index (χ0n) is 16.4. The quantitative estimate of drug-likeness (QED) is 0.455. The molecular weight excluding hydrogens is 405 g/mol. The van der Waals surface area contributed by atoms with Crippen LogP contribution in [0.3, 0.4) is 0 Å². The second-order valence-corrected chi connectivity index (χ2v) is 7.65. The van der Waals surface area contributed by atoms with Gasteiger partial charge in [-0.1, -0.05) is 84.7 Å². The Morgan fingerprint density at radius 1 is 0.966 bits per heavy atom. The lowest BCUT2D eigenvalue weighted by Gasteiger charge is -2.21. The van der Waals surface area contributed by atoms with Gasteiger partial charge in [-0.05, 0) is 48.2 Å². The highest BCUT2D eigenvalue weighted by Gasteiger charge is 2.21. The van der Waals surface area contributed by atoms with Crippen molar-refractivity contribution in [2.75, 3.05) is 0 Å². The molecule has 0 aliphatic heterocycles. The van der Waals surface area contributed by atoms with Crippen LogP contribution in [0, 0.1) is 0 Å². The van der Waals surface area contributed by atoms with Crippen LogP contribution in [0.4, 0.5) is 0 Å². The van der Waals surface area contributed by atoms with E-state index in [1.165, 1.54) is 0 Å². The van der Waals surface area contributed by atoms with Crippen molar-refractivity contribution in [3.8, 4) is 16.9 Å². The molecule has 3 nitrogen and oxygen atoms in total. The maximum absolute atomic E-state index is 12.7. The van der Waals surface area contributed by atoms with Crippen LogP contribution >= 0.6 is 23.2 Å². The number of carbonyl (C=O) groups excluding carboxylic acids is 1. The van der Waals surface area contributed by atoms with Gasteiger partial charge in [0.1, 0.15) is 5.75 Å². The standard InChI is InChI=1S/C24H23Cl2NO2/c1-3-22(29-23-14-13-20(25)15-21(23)26)24(28)27-16(2)17-9-11-19(12-10-17)18-7-5-4-6-8-18/h4-16,22H,3H2,1-2H3,(H,27,28). The molecule has 1 amide bonds. The van der Waals surface area contributed by atoms with Crippen LogP contribution in [-0.2, 0) is 4.79 Å². The first-order valence-corrected chi connectivity index (χ1v) is 10.3. The summed E-state index contributed by atoms with van der Waals surface area (Å²) in [6, 6.07) is 23.2. The van der Waals surface area contributed by atoms with Gasteiger partial charge >= 0.3 is 0 Å². The van der Waals surface area contributed by atoms with Crippen molar-refractivity contribution in [1.82, 2.24) is 5.32 Å². The Hall–Kier alpha value is -2.49. The number of ether oxygens (including phenoxy) is 1. The third-order valence-corrected chi connectivity index (χ3v) is 5.23. The molecule has 2 unspecified atom stereocenters. The van der Waals surface area contributed by atoms with Crippen LogP contribution in [0.2, 0.25) is 10.0 Å². The van der Waals surface area contributed by atoms with Crippen LogP contribution in [0.5, 0.6) is 5.75 Å². The molecule has 0 bridgehead atoms. The molecule has 29 heavy (non-hydrogen) atoms. The van der Waals surface area contributed by atoms with E-state index in [1.54, 1.807) is 18.2 Å². The Morgan fingerprint density at radius 2 is 1.62 bits per heavy atom. The number of rotatable bonds is 7. The number of hydrogen-bond donors (Lipinski definition) is 1. The Morgan fingerprint density at radius 3 is 2.24 bits per heavy atom. The molecule has 0 radical (unpaired) electrons. The molecule has 5 heteroatoms. The van der Waals surface area contributed by atoms with Crippen molar-refractivity contribution in [3.05, 3.63) is 88.4 Å². The molecule has 0 saturated carbocycles. The maximum Gasteiger partial charge on any atom is 0.261 e. The van der Waals surface area contributed by atoms with E-state index in [1.807, 2.05) is 44.2 Å². The highest BCUT2D eigenvalue weighted by Crippen LogP contribution is 2.29.